The third-order valence-electron chi connectivity index (χ3n) is 6.08. The number of carbonyl (C=O) groups excluding carboxylic acids is 1. The molecule has 33 heavy (non-hydrogen) atoms. The van der Waals surface area contributed by atoms with E-state index in [9.17, 15) is 4.79 Å². The van der Waals surface area contributed by atoms with Gasteiger partial charge in [-0.05, 0) is 24.1 Å². The standard InChI is InChI=1S/C25H24N4O4/c1-31-14-18-23(17-9-5-7-11-22(17)33-3)25-27-26-24-19(29(25)28-18)12-15(13-20(24)30)16-8-4-6-10-21(16)32-2/h4-11,15H,12-14H2,1-3H3/t15-/m1/s1. The summed E-state index contributed by atoms with van der Waals surface area (Å²) >= 11 is 0. The molecule has 168 valence electrons. The Balaban J connectivity index is 1.70. The van der Waals surface area contributed by atoms with Crippen molar-refractivity contribution in [3.8, 4) is 22.6 Å². The van der Waals surface area contributed by atoms with E-state index in [0.29, 0.717) is 35.6 Å². The fraction of sp³-hybridized carbons (Fsp3) is 0.280. The minimum absolute atomic E-state index is 0.0432. The van der Waals surface area contributed by atoms with Crippen LogP contribution in [0.5, 0.6) is 11.5 Å². The molecule has 0 unspecified atom stereocenters. The fourth-order valence-corrected chi connectivity index (χ4v) is 4.60. The van der Waals surface area contributed by atoms with E-state index >= 15 is 0 Å². The first-order valence-corrected chi connectivity index (χ1v) is 10.7. The number of fused-ring (bicyclic) bond motifs is 3. The molecule has 0 N–H and O–H groups in total. The molecule has 1 aliphatic carbocycles. The summed E-state index contributed by atoms with van der Waals surface area (Å²) in [6.45, 7) is 0.287. The van der Waals surface area contributed by atoms with Crippen LogP contribution in [0.25, 0.3) is 16.8 Å². The number of hydrogen-bond acceptors (Lipinski definition) is 7. The lowest BCUT2D eigenvalue weighted by Gasteiger charge is -2.24. The van der Waals surface area contributed by atoms with Gasteiger partial charge in [-0.1, -0.05) is 36.4 Å². The Bertz CT molecular complexity index is 1350. The van der Waals surface area contributed by atoms with Crippen molar-refractivity contribution in [2.75, 3.05) is 21.3 Å². The van der Waals surface area contributed by atoms with Gasteiger partial charge >= 0.3 is 0 Å². The molecule has 0 saturated heterocycles. The van der Waals surface area contributed by atoms with Gasteiger partial charge in [-0.2, -0.15) is 5.10 Å². The monoisotopic (exact) mass is 444 g/mol. The average molecular weight is 444 g/mol. The SMILES string of the molecule is COCc1nn2c3c(nnc2c1-c1ccccc1OC)C(=O)C[C@H](c1ccccc1OC)C3. The number of hydrogen-bond donors (Lipinski definition) is 0. The second-order valence-corrected chi connectivity index (χ2v) is 7.96. The molecule has 0 fully saturated rings. The molecule has 1 aliphatic rings. The lowest BCUT2D eigenvalue weighted by atomic mass is 9.83. The van der Waals surface area contributed by atoms with Crippen LogP contribution in [0, 0.1) is 0 Å². The Morgan fingerprint density at radius 1 is 0.939 bits per heavy atom. The van der Waals surface area contributed by atoms with Gasteiger partial charge in [0, 0.05) is 25.0 Å². The number of benzene rings is 2. The van der Waals surface area contributed by atoms with Crippen LogP contribution in [0.4, 0.5) is 0 Å². The topological polar surface area (TPSA) is 87.8 Å². The molecular formula is C25H24N4O4. The first-order chi connectivity index (χ1) is 16.2. The summed E-state index contributed by atoms with van der Waals surface area (Å²) in [5.74, 6) is 1.38. The number of ketones is 1. The fourth-order valence-electron chi connectivity index (χ4n) is 4.60. The van der Waals surface area contributed by atoms with Crippen molar-refractivity contribution in [3.63, 3.8) is 0 Å². The number of methoxy groups -OCH3 is 3. The van der Waals surface area contributed by atoms with Crippen molar-refractivity contribution >= 4 is 11.4 Å². The van der Waals surface area contributed by atoms with Crippen LogP contribution in [-0.2, 0) is 17.8 Å². The first-order valence-electron chi connectivity index (χ1n) is 10.7. The molecule has 0 spiro atoms. The smallest absolute Gasteiger partial charge is 0.186 e. The molecule has 0 aliphatic heterocycles. The minimum Gasteiger partial charge on any atom is -0.496 e. The maximum atomic E-state index is 13.1. The van der Waals surface area contributed by atoms with Crippen LogP contribution in [-0.4, -0.2) is 46.9 Å². The molecule has 2 aromatic heterocycles. The molecule has 4 aromatic rings. The second-order valence-electron chi connectivity index (χ2n) is 7.96. The van der Waals surface area contributed by atoms with E-state index in [4.69, 9.17) is 19.3 Å². The Hall–Kier alpha value is -3.78. The first kappa shape index (κ1) is 21.1. The van der Waals surface area contributed by atoms with Crippen molar-refractivity contribution in [2.24, 2.45) is 0 Å². The van der Waals surface area contributed by atoms with Gasteiger partial charge in [0.15, 0.2) is 17.1 Å². The second kappa shape index (κ2) is 8.63. The summed E-state index contributed by atoms with van der Waals surface area (Å²) in [4.78, 5) is 13.1. The summed E-state index contributed by atoms with van der Waals surface area (Å²) in [5.41, 5.74) is 5.02. The van der Waals surface area contributed by atoms with Gasteiger partial charge in [0.05, 0.1) is 37.8 Å². The van der Waals surface area contributed by atoms with Gasteiger partial charge in [0.2, 0.25) is 0 Å². The van der Waals surface area contributed by atoms with Gasteiger partial charge in [-0.3, -0.25) is 4.79 Å². The Morgan fingerprint density at radius 2 is 1.67 bits per heavy atom. The lowest BCUT2D eigenvalue weighted by Crippen LogP contribution is -2.24. The molecular weight excluding hydrogens is 420 g/mol. The van der Waals surface area contributed by atoms with Crippen molar-refractivity contribution < 1.29 is 19.0 Å². The Morgan fingerprint density at radius 3 is 2.42 bits per heavy atom. The zero-order valence-corrected chi connectivity index (χ0v) is 18.7. The number of para-hydroxylation sites is 2. The molecule has 8 heteroatoms. The molecule has 1 atom stereocenters. The minimum atomic E-state index is -0.0517. The van der Waals surface area contributed by atoms with Crippen LogP contribution in [0.2, 0.25) is 0 Å². The van der Waals surface area contributed by atoms with E-state index in [-0.39, 0.29) is 18.3 Å². The molecule has 8 nitrogen and oxygen atoms in total. The summed E-state index contributed by atoms with van der Waals surface area (Å²) < 4.78 is 18.3. The number of Topliss-reactive ketones (excluding diaryl/α,β-unsaturated/α-hetero) is 1. The highest BCUT2D eigenvalue weighted by Gasteiger charge is 2.33. The number of aromatic nitrogens is 4. The normalized spacial score (nSPS) is 15.5. The largest absolute Gasteiger partial charge is 0.496 e. The third kappa shape index (κ3) is 3.52. The highest BCUT2D eigenvalue weighted by atomic mass is 16.5. The number of ether oxygens (including phenoxy) is 3. The van der Waals surface area contributed by atoms with Gasteiger partial charge in [-0.15, -0.1) is 10.2 Å². The number of nitrogens with zero attached hydrogens (tertiary/aromatic N) is 4. The molecule has 0 saturated carbocycles. The summed E-state index contributed by atoms with van der Waals surface area (Å²) in [5, 5.41) is 13.6. The molecule has 0 radical (unpaired) electrons. The average Bonchev–Trinajstić information content (AvgIpc) is 3.22. The van der Waals surface area contributed by atoms with Crippen molar-refractivity contribution in [1.29, 1.82) is 0 Å². The van der Waals surface area contributed by atoms with Crippen LogP contribution in [0.3, 0.4) is 0 Å². The van der Waals surface area contributed by atoms with Gasteiger partial charge < -0.3 is 14.2 Å². The van der Waals surface area contributed by atoms with E-state index in [2.05, 4.69) is 10.2 Å². The van der Waals surface area contributed by atoms with E-state index < -0.39 is 0 Å². The van der Waals surface area contributed by atoms with Gasteiger partial charge in [0.1, 0.15) is 11.5 Å². The zero-order valence-electron chi connectivity index (χ0n) is 18.7. The van der Waals surface area contributed by atoms with Crippen molar-refractivity contribution in [2.45, 2.75) is 25.4 Å². The van der Waals surface area contributed by atoms with Crippen LogP contribution < -0.4 is 9.47 Å². The van der Waals surface area contributed by atoms with Crippen molar-refractivity contribution in [1.82, 2.24) is 19.8 Å². The van der Waals surface area contributed by atoms with Crippen molar-refractivity contribution in [3.05, 3.63) is 71.2 Å². The Kier molecular flexibility index (Phi) is 5.51. The maximum absolute atomic E-state index is 13.1. The van der Waals surface area contributed by atoms with E-state index in [1.54, 1.807) is 25.8 Å². The number of rotatable bonds is 6. The molecule has 2 heterocycles. The molecule has 0 amide bonds. The zero-order chi connectivity index (χ0) is 22.9. The molecule has 5 rings (SSSR count). The lowest BCUT2D eigenvalue weighted by molar-refractivity contribution is 0.0955. The highest BCUT2D eigenvalue weighted by molar-refractivity contribution is 5.97. The van der Waals surface area contributed by atoms with Crippen LogP contribution in [0.1, 0.15) is 39.8 Å². The van der Waals surface area contributed by atoms with Crippen LogP contribution >= 0.6 is 0 Å². The summed E-state index contributed by atoms with van der Waals surface area (Å²) in [6, 6.07) is 15.5. The molecule has 0 bridgehead atoms. The highest BCUT2D eigenvalue weighted by Crippen LogP contribution is 2.39. The number of carbonyl (C=O) groups is 1. The Labute approximate surface area is 191 Å². The summed E-state index contributed by atoms with van der Waals surface area (Å²) in [7, 11) is 4.90. The van der Waals surface area contributed by atoms with E-state index in [1.807, 2.05) is 48.5 Å². The van der Waals surface area contributed by atoms with E-state index in [1.165, 1.54) is 0 Å². The van der Waals surface area contributed by atoms with E-state index in [0.717, 1.165) is 28.1 Å². The summed E-state index contributed by atoms with van der Waals surface area (Å²) in [6.07, 6.45) is 0.937. The molecule has 2 aromatic carbocycles. The predicted molar refractivity (Wildman–Crippen MR) is 122 cm³/mol. The van der Waals surface area contributed by atoms with Crippen LogP contribution in [0.15, 0.2) is 48.5 Å². The van der Waals surface area contributed by atoms with Gasteiger partial charge in [0.25, 0.3) is 0 Å². The predicted octanol–water partition coefficient (Wildman–Crippen LogP) is 3.87. The maximum Gasteiger partial charge on any atom is 0.186 e. The third-order valence-corrected chi connectivity index (χ3v) is 6.08. The quantitative estimate of drug-likeness (QED) is 0.446. The van der Waals surface area contributed by atoms with Gasteiger partial charge in [-0.25, -0.2) is 4.52 Å².